The highest BCUT2D eigenvalue weighted by Crippen LogP contribution is 2.59. The lowest BCUT2D eigenvalue weighted by Gasteiger charge is -2.22. The third kappa shape index (κ3) is 4.99. The van der Waals surface area contributed by atoms with Gasteiger partial charge in [-0.25, -0.2) is 0 Å². The first kappa shape index (κ1) is 37.9. The van der Waals surface area contributed by atoms with E-state index in [1.165, 1.54) is 164 Å². The zero-order valence-corrected chi connectivity index (χ0v) is 38.1. The summed E-state index contributed by atoms with van der Waals surface area (Å²) in [4.78, 5) is 0. The molecule has 0 saturated carbocycles. The van der Waals surface area contributed by atoms with E-state index in [9.17, 15) is 0 Å². The molecule has 1 aliphatic carbocycles. The van der Waals surface area contributed by atoms with Crippen LogP contribution < -0.4 is 0 Å². The van der Waals surface area contributed by atoms with Crippen molar-refractivity contribution in [3.63, 3.8) is 0 Å². The molecule has 0 heteroatoms. The molecule has 0 N–H and O–H groups in total. The minimum Gasteiger partial charge on any atom is -0.0622 e. The van der Waals surface area contributed by atoms with E-state index in [-0.39, 0.29) is 0 Å². The summed E-state index contributed by atoms with van der Waals surface area (Å²) in [6, 6.07) is 91.3. The van der Waals surface area contributed by atoms with E-state index in [1.807, 2.05) is 0 Å². The molecule has 0 atom stereocenters. The van der Waals surface area contributed by atoms with Crippen LogP contribution in [0.25, 0.3) is 164 Å². The van der Waals surface area contributed by atoms with Gasteiger partial charge in [-0.15, -0.1) is 0 Å². The Hall–Kier alpha value is -9.10. The molecule has 70 heavy (non-hydrogen) atoms. The number of rotatable bonds is 5. The van der Waals surface area contributed by atoms with Gasteiger partial charge in [-0.05, 0) is 176 Å². The molecule has 15 aromatic rings. The molecular weight excluding hydrogens is 841 g/mol. The maximum atomic E-state index is 2.54. The second-order valence-corrected chi connectivity index (χ2v) is 19.3. The van der Waals surface area contributed by atoms with Crippen molar-refractivity contribution in [2.75, 3.05) is 0 Å². The van der Waals surface area contributed by atoms with Crippen LogP contribution >= 0.6 is 0 Å². The van der Waals surface area contributed by atoms with Gasteiger partial charge >= 0.3 is 0 Å². The zero-order chi connectivity index (χ0) is 45.6. The summed E-state index contributed by atoms with van der Waals surface area (Å²) < 4.78 is 0. The van der Waals surface area contributed by atoms with E-state index in [0.717, 1.165) is 0 Å². The van der Waals surface area contributed by atoms with Crippen molar-refractivity contribution in [1.82, 2.24) is 0 Å². The molecule has 0 spiro atoms. The van der Waals surface area contributed by atoms with Gasteiger partial charge in [-0.1, -0.05) is 231 Å². The molecule has 0 fully saturated rings. The van der Waals surface area contributed by atoms with Crippen molar-refractivity contribution in [1.29, 1.82) is 0 Å². The molecular formula is C70H40. The largest absolute Gasteiger partial charge is 0.0622 e. The molecule has 0 saturated heterocycles. The first-order valence-electron chi connectivity index (χ1n) is 24.5. The number of benzene rings is 13. The van der Waals surface area contributed by atoms with Crippen molar-refractivity contribution in [3.05, 3.63) is 243 Å². The second-order valence-electron chi connectivity index (χ2n) is 19.3. The van der Waals surface area contributed by atoms with Crippen molar-refractivity contribution in [2.24, 2.45) is 0 Å². The van der Waals surface area contributed by atoms with Crippen molar-refractivity contribution >= 4 is 86.2 Å². The number of fused-ring (bicyclic) bond motifs is 11. The molecule has 0 heterocycles. The molecule has 0 unspecified atom stereocenters. The second kappa shape index (κ2) is 14.2. The maximum absolute atomic E-state index is 2.54. The van der Waals surface area contributed by atoms with Crippen LogP contribution in [-0.2, 0) is 0 Å². The lowest BCUT2D eigenvalue weighted by molar-refractivity contribution is 1.58. The summed E-state index contributed by atoms with van der Waals surface area (Å²) in [7, 11) is 0. The van der Waals surface area contributed by atoms with E-state index >= 15 is 0 Å². The van der Waals surface area contributed by atoms with Crippen LogP contribution in [0.3, 0.4) is 0 Å². The molecule has 0 aromatic heterocycles. The average molecular weight is 881 g/mol. The fraction of sp³-hybridized carbons (Fsp3) is 0. The number of hydrogen-bond acceptors (Lipinski definition) is 0. The van der Waals surface area contributed by atoms with Crippen LogP contribution in [0, 0.1) is 0 Å². The van der Waals surface area contributed by atoms with Crippen molar-refractivity contribution in [2.45, 2.75) is 0 Å². The van der Waals surface area contributed by atoms with E-state index < -0.39 is 0 Å². The van der Waals surface area contributed by atoms with Gasteiger partial charge in [-0.3, -0.25) is 0 Å². The minimum atomic E-state index is 1.22. The molecule has 16 rings (SSSR count). The van der Waals surface area contributed by atoms with Crippen molar-refractivity contribution in [3.8, 4) is 77.9 Å². The van der Waals surface area contributed by atoms with Crippen LogP contribution in [0.4, 0.5) is 0 Å². The fourth-order valence-corrected chi connectivity index (χ4v) is 13.2. The van der Waals surface area contributed by atoms with E-state index in [2.05, 4.69) is 243 Å². The van der Waals surface area contributed by atoms with Gasteiger partial charge < -0.3 is 0 Å². The Kier molecular flexibility index (Phi) is 7.70. The summed E-state index contributed by atoms with van der Waals surface area (Å²) in [5, 5.41) is 20.9. The van der Waals surface area contributed by atoms with Gasteiger partial charge in [0.05, 0.1) is 0 Å². The monoisotopic (exact) mass is 880 g/mol. The summed E-state index contributed by atoms with van der Waals surface area (Å²) in [5.74, 6) is 0. The maximum Gasteiger partial charge on any atom is -0.000719 e. The Balaban J connectivity index is 1.11. The van der Waals surface area contributed by atoms with Gasteiger partial charge in [0.25, 0.3) is 0 Å². The normalized spacial score (nSPS) is 12.3. The van der Waals surface area contributed by atoms with Gasteiger partial charge in [-0.2, -0.15) is 0 Å². The Morgan fingerprint density at radius 1 is 0.157 bits per heavy atom. The predicted molar refractivity (Wildman–Crippen MR) is 300 cm³/mol. The summed E-state index contributed by atoms with van der Waals surface area (Å²) in [6.45, 7) is 0. The Bertz CT molecular complexity index is 4640. The zero-order valence-electron chi connectivity index (χ0n) is 38.1. The van der Waals surface area contributed by atoms with Gasteiger partial charge in [0.15, 0.2) is 0 Å². The first-order chi connectivity index (χ1) is 34.8. The molecule has 0 amide bonds. The molecule has 0 radical (unpaired) electrons. The summed E-state index contributed by atoms with van der Waals surface area (Å²) in [5.41, 5.74) is 17.8. The summed E-state index contributed by atoms with van der Waals surface area (Å²) >= 11 is 0. The topological polar surface area (TPSA) is 0 Å². The smallest absolute Gasteiger partial charge is 0.000719 e. The third-order valence-electron chi connectivity index (χ3n) is 15.9. The lowest BCUT2D eigenvalue weighted by atomic mass is 9.81. The Labute approximate surface area is 404 Å². The highest BCUT2D eigenvalue weighted by molar-refractivity contribution is 6.45. The van der Waals surface area contributed by atoms with Crippen LogP contribution in [0.1, 0.15) is 0 Å². The predicted octanol–water partition coefficient (Wildman–Crippen LogP) is 19.8. The first-order valence-corrected chi connectivity index (χ1v) is 24.5. The van der Waals surface area contributed by atoms with E-state index in [1.54, 1.807) is 0 Å². The van der Waals surface area contributed by atoms with Crippen LogP contribution in [0.2, 0.25) is 0 Å². The third-order valence-corrected chi connectivity index (χ3v) is 15.9. The van der Waals surface area contributed by atoms with Crippen molar-refractivity contribution < 1.29 is 0 Å². The highest BCUT2D eigenvalue weighted by Gasteiger charge is 2.32. The standard InChI is InChI=1S/C70H40/c1-5-19-41(20-6-1)56-39-57(61(43-21-7-2-8-22-43)68-52-34-16-28-42-27-15-33-51(60(42)52)66(56)68)48-37-38-55-64-50(48)32-18-36-54(64)69-62(44-23-9-3-10-24-44)59-40-58-47-30-14-13-29-46(47)49-31-17-35-53(65(49)58)67(59)63(70(55)69)45-25-11-4-12-26-45/h1-40H. The lowest BCUT2D eigenvalue weighted by Crippen LogP contribution is -1.95. The average Bonchev–Trinajstić information content (AvgIpc) is 4.07. The molecule has 320 valence electrons. The number of hydrogen-bond donors (Lipinski definition) is 0. The Morgan fingerprint density at radius 2 is 0.629 bits per heavy atom. The van der Waals surface area contributed by atoms with E-state index in [4.69, 9.17) is 0 Å². The molecule has 1 aliphatic rings. The molecule has 15 aromatic carbocycles. The van der Waals surface area contributed by atoms with Gasteiger partial charge in [0.1, 0.15) is 0 Å². The van der Waals surface area contributed by atoms with Crippen LogP contribution in [-0.4, -0.2) is 0 Å². The molecule has 0 nitrogen and oxygen atoms in total. The van der Waals surface area contributed by atoms with Gasteiger partial charge in [0, 0.05) is 0 Å². The molecule has 0 bridgehead atoms. The highest BCUT2D eigenvalue weighted by atomic mass is 14.3. The fourth-order valence-electron chi connectivity index (χ4n) is 13.2. The summed E-state index contributed by atoms with van der Waals surface area (Å²) in [6.07, 6.45) is 0. The Morgan fingerprint density at radius 3 is 1.30 bits per heavy atom. The van der Waals surface area contributed by atoms with Gasteiger partial charge in [0.2, 0.25) is 0 Å². The van der Waals surface area contributed by atoms with Crippen LogP contribution in [0.15, 0.2) is 243 Å². The SMILES string of the molecule is c1ccc(-c2cc(-c3ccc4c5c(-c6ccccc6)c6c(cc7c8ccccc8c8cccc6c87)c(-c6ccccc6)c5c5cccc3c54)c(-c3ccccc3)c3c2-c2cccc4cccc-3c24)cc1. The van der Waals surface area contributed by atoms with E-state index in [0.29, 0.717) is 0 Å². The van der Waals surface area contributed by atoms with Crippen LogP contribution in [0.5, 0.6) is 0 Å². The minimum absolute atomic E-state index is 1.22. The quantitative estimate of drug-likeness (QED) is 0.151. The molecule has 0 aliphatic heterocycles.